The monoisotopic (exact) mass is 367 g/mol. The van der Waals surface area contributed by atoms with E-state index >= 15 is 0 Å². The van der Waals surface area contributed by atoms with Crippen molar-refractivity contribution in [1.29, 1.82) is 0 Å². The van der Waals surface area contributed by atoms with Crippen LogP contribution in [0, 0.1) is 17.0 Å². The summed E-state index contributed by atoms with van der Waals surface area (Å²) in [5.74, 6) is -1.20. The number of hydrogen-bond acceptors (Lipinski definition) is 5. The van der Waals surface area contributed by atoms with Crippen LogP contribution in [0.1, 0.15) is 27.9 Å². The summed E-state index contributed by atoms with van der Waals surface area (Å²) in [4.78, 5) is 48.4. The van der Waals surface area contributed by atoms with Gasteiger partial charge in [-0.3, -0.25) is 29.4 Å². The molecule has 1 N–H and O–H groups in total. The molecule has 3 rings (SSSR count). The second-order valence-corrected chi connectivity index (χ2v) is 6.19. The third kappa shape index (κ3) is 3.69. The van der Waals surface area contributed by atoms with Gasteiger partial charge in [-0.25, -0.2) is 0 Å². The van der Waals surface area contributed by atoms with Gasteiger partial charge in [0.15, 0.2) is 0 Å². The highest BCUT2D eigenvalue weighted by Crippen LogP contribution is 2.25. The first-order chi connectivity index (χ1) is 12.9. The van der Waals surface area contributed by atoms with Gasteiger partial charge in [0.05, 0.1) is 22.6 Å². The number of nitro groups is 1. The van der Waals surface area contributed by atoms with Crippen LogP contribution in [-0.2, 0) is 16.0 Å². The lowest BCUT2D eigenvalue weighted by atomic mass is 9.98. The van der Waals surface area contributed by atoms with Crippen LogP contribution in [0.4, 0.5) is 11.4 Å². The highest BCUT2D eigenvalue weighted by Gasteiger charge is 2.30. The Morgan fingerprint density at radius 3 is 2.67 bits per heavy atom. The normalized spacial score (nSPS) is 13.3. The van der Waals surface area contributed by atoms with E-state index in [1.807, 2.05) is 0 Å². The number of amides is 3. The van der Waals surface area contributed by atoms with E-state index in [1.54, 1.807) is 37.3 Å². The average Bonchev–Trinajstić information content (AvgIpc) is 2.63. The van der Waals surface area contributed by atoms with Crippen molar-refractivity contribution in [2.75, 3.05) is 11.9 Å². The van der Waals surface area contributed by atoms with Crippen LogP contribution in [0.15, 0.2) is 42.5 Å². The lowest BCUT2D eigenvalue weighted by molar-refractivity contribution is -0.385. The summed E-state index contributed by atoms with van der Waals surface area (Å²) in [5.41, 5.74) is 1.73. The number of imide groups is 1. The van der Waals surface area contributed by atoms with E-state index in [9.17, 15) is 24.5 Å². The summed E-state index contributed by atoms with van der Waals surface area (Å²) in [6.07, 6.45) is 0.0231. The Bertz CT molecular complexity index is 954. The second kappa shape index (κ2) is 7.36. The van der Waals surface area contributed by atoms with E-state index in [0.29, 0.717) is 22.4 Å². The number of benzene rings is 2. The van der Waals surface area contributed by atoms with E-state index in [0.717, 1.165) is 4.90 Å². The zero-order valence-electron chi connectivity index (χ0n) is 14.6. The van der Waals surface area contributed by atoms with Gasteiger partial charge in [-0.1, -0.05) is 24.3 Å². The van der Waals surface area contributed by atoms with Crippen LogP contribution < -0.4 is 5.32 Å². The van der Waals surface area contributed by atoms with E-state index < -0.39 is 16.7 Å². The number of fused-ring (bicyclic) bond motifs is 1. The highest BCUT2D eigenvalue weighted by atomic mass is 16.6. The lowest BCUT2D eigenvalue weighted by Gasteiger charge is -2.26. The van der Waals surface area contributed by atoms with E-state index in [2.05, 4.69) is 5.32 Å². The van der Waals surface area contributed by atoms with Crippen molar-refractivity contribution in [2.24, 2.45) is 0 Å². The van der Waals surface area contributed by atoms with Gasteiger partial charge in [0.2, 0.25) is 11.8 Å². The van der Waals surface area contributed by atoms with Gasteiger partial charge < -0.3 is 5.32 Å². The van der Waals surface area contributed by atoms with Crippen LogP contribution in [0.3, 0.4) is 0 Å². The predicted molar refractivity (Wildman–Crippen MR) is 97.3 cm³/mol. The highest BCUT2D eigenvalue weighted by molar-refractivity contribution is 6.10. The first-order valence-electron chi connectivity index (χ1n) is 8.35. The Hall–Kier alpha value is -3.55. The molecular formula is C19H17N3O5. The minimum Gasteiger partial charge on any atom is -0.326 e. The molecule has 0 atom stereocenters. The van der Waals surface area contributed by atoms with Crippen molar-refractivity contribution in [1.82, 2.24) is 4.90 Å². The molecule has 3 amide bonds. The molecule has 1 aliphatic rings. The number of nitrogens with zero attached hydrogens (tertiary/aromatic N) is 2. The minimum atomic E-state index is -0.520. The summed E-state index contributed by atoms with van der Waals surface area (Å²) in [6, 6.07) is 11.3. The largest absolute Gasteiger partial charge is 0.326 e. The van der Waals surface area contributed by atoms with Gasteiger partial charge in [0.1, 0.15) is 0 Å². The van der Waals surface area contributed by atoms with Crippen LogP contribution in [0.5, 0.6) is 0 Å². The van der Waals surface area contributed by atoms with Crippen molar-refractivity contribution in [2.45, 2.75) is 19.8 Å². The van der Waals surface area contributed by atoms with Gasteiger partial charge in [-0.2, -0.15) is 0 Å². The Labute approximate surface area is 154 Å². The molecule has 0 fully saturated rings. The number of rotatable bonds is 5. The number of nitrogens with one attached hydrogen (secondary N) is 1. The maximum atomic E-state index is 12.5. The van der Waals surface area contributed by atoms with Crippen molar-refractivity contribution >= 4 is 29.1 Å². The smallest absolute Gasteiger partial charge is 0.274 e. The lowest BCUT2D eigenvalue weighted by Crippen LogP contribution is -2.43. The standard InChI is InChI=1S/C19H17N3O5/c1-12-15(7-4-8-16(12)22(26)27)20-17(23)9-10-21-18(24)11-13-5-2-3-6-14(13)19(21)25/h2-8H,9-11H2,1H3,(H,20,23). The molecule has 0 aliphatic carbocycles. The fourth-order valence-corrected chi connectivity index (χ4v) is 3.01. The third-order valence-electron chi connectivity index (χ3n) is 4.47. The van der Waals surface area contributed by atoms with Crippen molar-refractivity contribution in [3.63, 3.8) is 0 Å². The average molecular weight is 367 g/mol. The number of carbonyl (C=O) groups excluding carboxylic acids is 3. The summed E-state index contributed by atoms with van der Waals surface area (Å²) in [6.45, 7) is 1.49. The fraction of sp³-hybridized carbons (Fsp3) is 0.211. The van der Waals surface area contributed by atoms with Gasteiger partial charge in [0, 0.05) is 24.6 Å². The maximum Gasteiger partial charge on any atom is 0.274 e. The molecule has 1 heterocycles. The van der Waals surface area contributed by atoms with E-state index in [-0.39, 0.29) is 31.0 Å². The Kier molecular flexibility index (Phi) is 4.98. The van der Waals surface area contributed by atoms with Crippen LogP contribution >= 0.6 is 0 Å². The molecule has 0 bridgehead atoms. The number of carbonyl (C=O) groups is 3. The molecule has 0 radical (unpaired) electrons. The molecule has 2 aromatic rings. The molecule has 27 heavy (non-hydrogen) atoms. The van der Waals surface area contributed by atoms with Gasteiger partial charge in [-0.15, -0.1) is 0 Å². The maximum absolute atomic E-state index is 12.5. The molecule has 0 unspecified atom stereocenters. The summed E-state index contributed by atoms with van der Waals surface area (Å²) in [5, 5.41) is 13.6. The fourth-order valence-electron chi connectivity index (χ4n) is 3.01. The molecule has 0 saturated carbocycles. The molecule has 8 heteroatoms. The molecule has 0 spiro atoms. The van der Waals surface area contributed by atoms with E-state index in [4.69, 9.17) is 0 Å². The first kappa shape index (κ1) is 18.2. The number of nitro benzene ring substituents is 1. The minimum absolute atomic E-state index is 0.0498. The number of anilines is 1. The van der Waals surface area contributed by atoms with Crippen LogP contribution in [-0.4, -0.2) is 34.1 Å². The zero-order chi connectivity index (χ0) is 19.6. The predicted octanol–water partition coefficient (Wildman–Crippen LogP) is 2.46. The third-order valence-corrected chi connectivity index (χ3v) is 4.47. The molecule has 8 nitrogen and oxygen atoms in total. The summed E-state index contributed by atoms with van der Waals surface area (Å²) < 4.78 is 0. The summed E-state index contributed by atoms with van der Waals surface area (Å²) >= 11 is 0. The van der Waals surface area contributed by atoms with Crippen LogP contribution in [0.25, 0.3) is 0 Å². The topological polar surface area (TPSA) is 110 Å². The quantitative estimate of drug-likeness (QED) is 0.496. The first-order valence-corrected chi connectivity index (χ1v) is 8.35. The Balaban J connectivity index is 1.66. The van der Waals surface area contributed by atoms with Crippen molar-refractivity contribution in [3.05, 3.63) is 69.3 Å². The molecule has 2 aromatic carbocycles. The van der Waals surface area contributed by atoms with Gasteiger partial charge in [-0.05, 0) is 24.6 Å². The molecule has 0 saturated heterocycles. The summed E-state index contributed by atoms with van der Waals surface area (Å²) in [7, 11) is 0. The number of hydrogen-bond donors (Lipinski definition) is 1. The van der Waals surface area contributed by atoms with Gasteiger partial charge >= 0.3 is 0 Å². The Morgan fingerprint density at radius 2 is 1.93 bits per heavy atom. The van der Waals surface area contributed by atoms with Gasteiger partial charge in [0.25, 0.3) is 11.6 Å². The van der Waals surface area contributed by atoms with Crippen molar-refractivity contribution < 1.29 is 19.3 Å². The molecule has 1 aliphatic heterocycles. The van der Waals surface area contributed by atoms with Crippen LogP contribution in [0.2, 0.25) is 0 Å². The molecular weight excluding hydrogens is 350 g/mol. The second-order valence-electron chi connectivity index (χ2n) is 6.19. The Morgan fingerprint density at radius 1 is 1.19 bits per heavy atom. The molecule has 0 aromatic heterocycles. The molecule has 138 valence electrons. The van der Waals surface area contributed by atoms with E-state index in [1.165, 1.54) is 12.1 Å². The van der Waals surface area contributed by atoms with Crippen molar-refractivity contribution in [3.8, 4) is 0 Å². The zero-order valence-corrected chi connectivity index (χ0v) is 14.6. The SMILES string of the molecule is Cc1c(NC(=O)CCN2C(=O)Cc3ccccc3C2=O)cccc1[N+](=O)[O-].